The molecule has 0 atom stereocenters. The molecular formula is C22H26N4O4S. The van der Waals surface area contributed by atoms with E-state index in [2.05, 4.69) is 23.7 Å². The number of nitro groups is 1. The van der Waals surface area contributed by atoms with Crippen molar-refractivity contribution < 1.29 is 14.5 Å². The smallest absolute Gasteiger partial charge is 0.269 e. The predicted molar refractivity (Wildman–Crippen MR) is 123 cm³/mol. The normalized spacial score (nSPS) is 11.1. The zero-order valence-corrected chi connectivity index (χ0v) is 18.7. The maximum Gasteiger partial charge on any atom is 0.269 e. The van der Waals surface area contributed by atoms with Gasteiger partial charge < -0.3 is 9.64 Å². The number of anilines is 1. The molecular weight excluding hydrogens is 416 g/mol. The number of aromatic nitrogens is 1. The largest absolute Gasteiger partial charge is 0.497 e. The van der Waals surface area contributed by atoms with Crippen molar-refractivity contribution in [3.63, 3.8) is 0 Å². The van der Waals surface area contributed by atoms with E-state index in [-0.39, 0.29) is 18.0 Å². The van der Waals surface area contributed by atoms with Crippen LogP contribution in [0.5, 0.6) is 5.75 Å². The molecule has 0 bridgehead atoms. The molecule has 0 radical (unpaired) electrons. The van der Waals surface area contributed by atoms with Gasteiger partial charge in [0.1, 0.15) is 5.75 Å². The molecule has 3 rings (SSSR count). The second-order valence-corrected chi connectivity index (χ2v) is 8.01. The number of carbonyl (C=O) groups is 1. The van der Waals surface area contributed by atoms with Crippen LogP contribution >= 0.6 is 11.3 Å². The fourth-order valence-corrected chi connectivity index (χ4v) is 4.29. The molecule has 1 amide bonds. The van der Waals surface area contributed by atoms with Gasteiger partial charge in [-0.15, -0.1) is 0 Å². The van der Waals surface area contributed by atoms with Crippen molar-refractivity contribution in [2.75, 3.05) is 38.2 Å². The number of carbonyl (C=O) groups excluding carboxylic acids is 1. The van der Waals surface area contributed by atoms with E-state index in [1.54, 1.807) is 24.1 Å². The summed E-state index contributed by atoms with van der Waals surface area (Å²) in [6.07, 6.45) is 0.148. The van der Waals surface area contributed by atoms with E-state index >= 15 is 0 Å². The Morgan fingerprint density at radius 1 is 1.13 bits per heavy atom. The van der Waals surface area contributed by atoms with Crippen molar-refractivity contribution in [1.82, 2.24) is 9.88 Å². The SMILES string of the molecule is CCN(CC)CCN(C(=O)Cc1ccc([N+](=O)[O-])cc1)c1nc2ccc(OC)cc2s1. The minimum atomic E-state index is -0.447. The Morgan fingerprint density at radius 2 is 1.84 bits per heavy atom. The van der Waals surface area contributed by atoms with Crippen LogP contribution in [0.2, 0.25) is 0 Å². The van der Waals surface area contributed by atoms with Crippen molar-refractivity contribution >= 4 is 38.3 Å². The summed E-state index contributed by atoms with van der Waals surface area (Å²) in [5.74, 6) is 0.654. The number of likely N-dealkylation sites (N-methyl/N-ethyl adjacent to an activating group) is 1. The number of amides is 1. The average molecular weight is 443 g/mol. The molecule has 0 aliphatic carbocycles. The molecule has 9 heteroatoms. The molecule has 0 spiro atoms. The maximum absolute atomic E-state index is 13.2. The zero-order chi connectivity index (χ0) is 22.4. The number of thiazole rings is 1. The van der Waals surface area contributed by atoms with Crippen LogP contribution in [0.4, 0.5) is 10.8 Å². The van der Waals surface area contributed by atoms with Crippen LogP contribution in [0.25, 0.3) is 10.2 Å². The number of hydrogen-bond acceptors (Lipinski definition) is 7. The molecule has 0 N–H and O–H groups in total. The number of ether oxygens (including phenoxy) is 1. The Morgan fingerprint density at radius 3 is 2.45 bits per heavy atom. The average Bonchev–Trinajstić information content (AvgIpc) is 3.19. The van der Waals surface area contributed by atoms with Crippen LogP contribution in [0, 0.1) is 10.1 Å². The van der Waals surface area contributed by atoms with Crippen LogP contribution in [-0.4, -0.2) is 54.0 Å². The Balaban J connectivity index is 1.86. The van der Waals surface area contributed by atoms with Crippen LogP contribution in [0.1, 0.15) is 19.4 Å². The summed E-state index contributed by atoms with van der Waals surface area (Å²) in [5.41, 5.74) is 1.55. The Hall–Kier alpha value is -3.04. The highest BCUT2D eigenvalue weighted by Crippen LogP contribution is 2.32. The van der Waals surface area contributed by atoms with Crippen LogP contribution in [0.3, 0.4) is 0 Å². The van der Waals surface area contributed by atoms with Crippen molar-refractivity contribution in [3.8, 4) is 5.75 Å². The monoisotopic (exact) mass is 442 g/mol. The van der Waals surface area contributed by atoms with Gasteiger partial charge >= 0.3 is 0 Å². The molecule has 0 unspecified atom stereocenters. The molecule has 0 saturated heterocycles. The fourth-order valence-electron chi connectivity index (χ4n) is 3.25. The number of non-ortho nitro benzene ring substituents is 1. The zero-order valence-electron chi connectivity index (χ0n) is 17.9. The summed E-state index contributed by atoms with van der Waals surface area (Å²) >= 11 is 1.45. The highest BCUT2D eigenvalue weighted by atomic mass is 32.1. The van der Waals surface area contributed by atoms with E-state index in [4.69, 9.17) is 4.74 Å². The van der Waals surface area contributed by atoms with Gasteiger partial charge in [-0.2, -0.15) is 0 Å². The fraction of sp³-hybridized carbons (Fsp3) is 0.364. The lowest BCUT2D eigenvalue weighted by Gasteiger charge is -2.24. The van der Waals surface area contributed by atoms with Gasteiger partial charge in [0.25, 0.3) is 5.69 Å². The lowest BCUT2D eigenvalue weighted by molar-refractivity contribution is -0.384. The first kappa shape index (κ1) is 22.6. The lowest BCUT2D eigenvalue weighted by Crippen LogP contribution is -2.39. The second kappa shape index (κ2) is 10.3. The van der Waals surface area contributed by atoms with Gasteiger partial charge in [0.15, 0.2) is 5.13 Å². The highest BCUT2D eigenvalue weighted by Gasteiger charge is 2.21. The molecule has 31 heavy (non-hydrogen) atoms. The quantitative estimate of drug-likeness (QED) is 0.346. The van der Waals surface area contributed by atoms with Gasteiger partial charge in [-0.05, 0) is 36.9 Å². The van der Waals surface area contributed by atoms with E-state index in [0.717, 1.165) is 41.2 Å². The molecule has 2 aromatic carbocycles. The second-order valence-electron chi connectivity index (χ2n) is 7.00. The molecule has 0 aliphatic heterocycles. The van der Waals surface area contributed by atoms with Crippen molar-refractivity contribution in [3.05, 3.63) is 58.1 Å². The van der Waals surface area contributed by atoms with Gasteiger partial charge in [-0.3, -0.25) is 19.8 Å². The summed E-state index contributed by atoms with van der Waals surface area (Å²) in [6, 6.07) is 11.8. The molecule has 8 nitrogen and oxygen atoms in total. The predicted octanol–water partition coefficient (Wildman–Crippen LogP) is 4.13. The first-order valence-corrected chi connectivity index (χ1v) is 11.0. The number of rotatable bonds is 10. The minimum absolute atomic E-state index is 0.00899. The van der Waals surface area contributed by atoms with E-state index in [9.17, 15) is 14.9 Å². The topological polar surface area (TPSA) is 88.8 Å². The van der Waals surface area contributed by atoms with Gasteiger partial charge in [-0.25, -0.2) is 4.98 Å². The van der Waals surface area contributed by atoms with E-state index in [1.807, 2.05) is 18.2 Å². The van der Waals surface area contributed by atoms with Crippen molar-refractivity contribution in [1.29, 1.82) is 0 Å². The summed E-state index contributed by atoms with van der Waals surface area (Å²) < 4.78 is 6.25. The molecule has 3 aromatic rings. The number of fused-ring (bicyclic) bond motifs is 1. The van der Waals surface area contributed by atoms with Gasteiger partial charge in [0.05, 0.1) is 28.7 Å². The highest BCUT2D eigenvalue weighted by molar-refractivity contribution is 7.22. The first-order chi connectivity index (χ1) is 14.9. The summed E-state index contributed by atoms with van der Waals surface area (Å²) in [7, 11) is 1.62. The van der Waals surface area contributed by atoms with Crippen LogP contribution in [-0.2, 0) is 11.2 Å². The third kappa shape index (κ3) is 5.56. The molecule has 1 aromatic heterocycles. The Labute approximate surface area is 185 Å². The standard InChI is InChI=1S/C22H26N4O4S/c1-4-24(5-2)12-13-25(21(27)14-16-6-8-17(9-7-16)26(28)29)22-23-19-11-10-18(30-3)15-20(19)31-22/h6-11,15H,4-5,12-14H2,1-3H3. The number of hydrogen-bond donors (Lipinski definition) is 0. The molecule has 0 aliphatic rings. The van der Waals surface area contributed by atoms with Crippen LogP contribution < -0.4 is 9.64 Å². The molecule has 0 saturated carbocycles. The Kier molecular flexibility index (Phi) is 7.54. The summed E-state index contributed by atoms with van der Waals surface area (Å²) in [5, 5.41) is 11.5. The first-order valence-electron chi connectivity index (χ1n) is 10.2. The lowest BCUT2D eigenvalue weighted by atomic mass is 10.1. The summed E-state index contributed by atoms with van der Waals surface area (Å²) in [6.45, 7) is 7.24. The molecule has 0 fully saturated rings. The third-order valence-corrected chi connectivity index (χ3v) is 6.19. The number of nitrogens with zero attached hydrogens (tertiary/aromatic N) is 4. The van der Waals surface area contributed by atoms with E-state index in [0.29, 0.717) is 11.7 Å². The Bertz CT molecular complexity index is 1050. The minimum Gasteiger partial charge on any atom is -0.497 e. The van der Waals surface area contributed by atoms with Gasteiger partial charge in [-0.1, -0.05) is 37.3 Å². The maximum atomic E-state index is 13.2. The number of benzene rings is 2. The molecule has 164 valence electrons. The van der Waals surface area contributed by atoms with E-state index < -0.39 is 4.92 Å². The van der Waals surface area contributed by atoms with Gasteiger partial charge in [0, 0.05) is 25.2 Å². The van der Waals surface area contributed by atoms with Crippen LogP contribution in [0.15, 0.2) is 42.5 Å². The third-order valence-electron chi connectivity index (χ3n) is 5.15. The molecule has 1 heterocycles. The van der Waals surface area contributed by atoms with Gasteiger partial charge in [0.2, 0.25) is 5.91 Å². The van der Waals surface area contributed by atoms with Crippen molar-refractivity contribution in [2.24, 2.45) is 0 Å². The number of nitro benzene ring substituents is 1. The van der Waals surface area contributed by atoms with E-state index in [1.165, 1.54) is 23.5 Å². The summed E-state index contributed by atoms with van der Waals surface area (Å²) in [4.78, 5) is 32.3. The van der Waals surface area contributed by atoms with Crippen molar-refractivity contribution in [2.45, 2.75) is 20.3 Å². The number of methoxy groups -OCH3 is 1.